The maximum atomic E-state index is 11.2. The molecule has 0 aromatic carbocycles. The van der Waals surface area contributed by atoms with Gasteiger partial charge in [-0.25, -0.2) is 9.59 Å². The number of thioether (sulfide) groups is 1. The molecule has 0 fully saturated rings. The highest BCUT2D eigenvalue weighted by molar-refractivity contribution is 7.99. The van der Waals surface area contributed by atoms with Gasteiger partial charge in [0.25, 0.3) is 0 Å². The molecule has 0 atom stereocenters. The summed E-state index contributed by atoms with van der Waals surface area (Å²) in [6, 6.07) is 0. The summed E-state index contributed by atoms with van der Waals surface area (Å²) in [5.74, 6) is 0.768. The molecule has 7 nitrogen and oxygen atoms in total. The van der Waals surface area contributed by atoms with Gasteiger partial charge in [-0.1, -0.05) is 13.5 Å². The molecule has 0 saturated heterocycles. The van der Waals surface area contributed by atoms with E-state index in [-0.39, 0.29) is 26.2 Å². The molecule has 0 radical (unpaired) electrons. The van der Waals surface area contributed by atoms with Crippen LogP contribution in [0.2, 0.25) is 0 Å². The van der Waals surface area contributed by atoms with Crippen LogP contribution in [0, 0.1) is 0 Å². The third kappa shape index (κ3) is 13.1. The van der Waals surface area contributed by atoms with Gasteiger partial charge in [-0.05, 0) is 5.75 Å². The highest BCUT2D eigenvalue weighted by Gasteiger charge is 2.06. The van der Waals surface area contributed by atoms with Crippen molar-refractivity contribution in [2.45, 2.75) is 13.3 Å². The smallest absolute Gasteiger partial charge is 0.407 e. The molecule has 120 valence electrons. The average molecular weight is 319 g/mol. The number of carbonyl (C=O) groups is 3. The van der Waals surface area contributed by atoms with Gasteiger partial charge in [0.2, 0.25) is 0 Å². The SMILES string of the molecule is C=CC(=O)OCCNC(=O)OCCC(=O)OCCSCC. The molecule has 0 aliphatic rings. The Hall–Kier alpha value is -1.70. The highest BCUT2D eigenvalue weighted by Crippen LogP contribution is 1.98. The average Bonchev–Trinajstić information content (AvgIpc) is 2.47. The van der Waals surface area contributed by atoms with E-state index in [2.05, 4.69) is 16.6 Å². The molecule has 0 heterocycles. The normalized spacial score (nSPS) is 9.57. The van der Waals surface area contributed by atoms with Crippen LogP contribution in [-0.2, 0) is 23.8 Å². The quantitative estimate of drug-likeness (QED) is 0.264. The maximum absolute atomic E-state index is 11.2. The number of rotatable bonds is 11. The topological polar surface area (TPSA) is 90.9 Å². The summed E-state index contributed by atoms with van der Waals surface area (Å²) in [4.78, 5) is 33.1. The van der Waals surface area contributed by atoms with Crippen LogP contribution >= 0.6 is 11.8 Å². The van der Waals surface area contributed by atoms with Crippen LogP contribution in [0.5, 0.6) is 0 Å². The zero-order chi connectivity index (χ0) is 15.9. The van der Waals surface area contributed by atoms with E-state index in [1.54, 1.807) is 11.8 Å². The molecule has 0 aliphatic carbocycles. The minimum absolute atomic E-state index is 0.00959. The monoisotopic (exact) mass is 319 g/mol. The molecule has 0 aromatic rings. The van der Waals surface area contributed by atoms with Crippen molar-refractivity contribution >= 4 is 29.8 Å². The van der Waals surface area contributed by atoms with Crippen molar-refractivity contribution in [3.05, 3.63) is 12.7 Å². The van der Waals surface area contributed by atoms with Gasteiger partial charge in [-0.15, -0.1) is 0 Å². The third-order valence-electron chi connectivity index (χ3n) is 2.02. The second kappa shape index (κ2) is 13.3. The van der Waals surface area contributed by atoms with Crippen LogP contribution in [0.15, 0.2) is 12.7 Å². The molecule has 0 unspecified atom stereocenters. The predicted molar refractivity (Wildman–Crippen MR) is 79.1 cm³/mol. The third-order valence-corrected chi connectivity index (χ3v) is 2.88. The van der Waals surface area contributed by atoms with E-state index < -0.39 is 18.0 Å². The Morgan fingerprint density at radius 3 is 2.57 bits per heavy atom. The summed E-state index contributed by atoms with van der Waals surface area (Å²) < 4.78 is 14.3. The van der Waals surface area contributed by atoms with Gasteiger partial charge >= 0.3 is 18.0 Å². The number of hydrogen-bond acceptors (Lipinski definition) is 7. The molecule has 0 aliphatic heterocycles. The summed E-state index contributed by atoms with van der Waals surface area (Å²) in [5, 5.41) is 2.37. The summed E-state index contributed by atoms with van der Waals surface area (Å²) in [7, 11) is 0. The molecule has 0 bridgehead atoms. The molecular formula is C13H21NO6S. The number of nitrogens with one attached hydrogen (secondary N) is 1. The lowest BCUT2D eigenvalue weighted by molar-refractivity contribution is -0.143. The molecule has 0 aromatic heterocycles. The van der Waals surface area contributed by atoms with Gasteiger partial charge < -0.3 is 19.5 Å². The van der Waals surface area contributed by atoms with Crippen LogP contribution in [0.3, 0.4) is 0 Å². The molecule has 21 heavy (non-hydrogen) atoms. The van der Waals surface area contributed by atoms with E-state index in [0.717, 1.165) is 17.6 Å². The Bertz CT molecular complexity index is 348. The fourth-order valence-corrected chi connectivity index (χ4v) is 1.56. The van der Waals surface area contributed by atoms with Crippen LogP contribution < -0.4 is 5.32 Å². The van der Waals surface area contributed by atoms with Gasteiger partial charge in [-0.2, -0.15) is 11.8 Å². The van der Waals surface area contributed by atoms with Crippen molar-refractivity contribution in [2.75, 3.05) is 37.9 Å². The minimum Gasteiger partial charge on any atom is -0.465 e. The lowest BCUT2D eigenvalue weighted by atomic mass is 10.5. The number of hydrogen-bond donors (Lipinski definition) is 1. The summed E-state index contributed by atoms with van der Waals surface area (Å²) >= 11 is 1.68. The van der Waals surface area contributed by atoms with E-state index in [0.29, 0.717) is 6.61 Å². The summed E-state index contributed by atoms with van der Waals surface area (Å²) in [6.45, 7) is 5.71. The first-order chi connectivity index (χ1) is 10.1. The second-order valence-electron chi connectivity index (χ2n) is 3.60. The first-order valence-corrected chi connectivity index (χ1v) is 7.68. The van der Waals surface area contributed by atoms with Crippen LogP contribution in [0.1, 0.15) is 13.3 Å². The lowest BCUT2D eigenvalue weighted by Gasteiger charge is -2.07. The number of amides is 1. The Morgan fingerprint density at radius 1 is 1.14 bits per heavy atom. The van der Waals surface area contributed by atoms with E-state index in [1.807, 2.05) is 6.92 Å². The summed E-state index contributed by atoms with van der Waals surface area (Å²) in [6.07, 6.45) is 0.359. The van der Waals surface area contributed by atoms with Gasteiger partial charge in [0, 0.05) is 11.8 Å². The Morgan fingerprint density at radius 2 is 1.90 bits per heavy atom. The Balaban J connectivity index is 3.46. The van der Waals surface area contributed by atoms with E-state index in [1.165, 1.54) is 0 Å². The van der Waals surface area contributed by atoms with Crippen molar-refractivity contribution in [2.24, 2.45) is 0 Å². The van der Waals surface area contributed by atoms with Crippen molar-refractivity contribution in [1.29, 1.82) is 0 Å². The maximum Gasteiger partial charge on any atom is 0.407 e. The van der Waals surface area contributed by atoms with Gasteiger partial charge in [-0.3, -0.25) is 4.79 Å². The van der Waals surface area contributed by atoms with Crippen LogP contribution in [0.25, 0.3) is 0 Å². The largest absolute Gasteiger partial charge is 0.465 e. The standard InChI is InChI=1S/C13H21NO6S/c1-3-11(15)18-8-6-14-13(17)20-7-5-12(16)19-9-10-21-4-2/h3H,1,4-10H2,2H3,(H,14,17). The molecule has 1 N–H and O–H groups in total. The fraction of sp³-hybridized carbons (Fsp3) is 0.615. The zero-order valence-electron chi connectivity index (χ0n) is 12.1. The van der Waals surface area contributed by atoms with Crippen molar-refractivity contribution in [3.63, 3.8) is 0 Å². The number of carbonyl (C=O) groups excluding carboxylic acids is 3. The molecule has 0 spiro atoms. The molecular weight excluding hydrogens is 298 g/mol. The van der Waals surface area contributed by atoms with Crippen molar-refractivity contribution in [1.82, 2.24) is 5.32 Å². The van der Waals surface area contributed by atoms with Crippen molar-refractivity contribution in [3.8, 4) is 0 Å². The number of ether oxygens (including phenoxy) is 3. The van der Waals surface area contributed by atoms with Crippen molar-refractivity contribution < 1.29 is 28.6 Å². The van der Waals surface area contributed by atoms with E-state index >= 15 is 0 Å². The molecule has 0 rings (SSSR count). The zero-order valence-corrected chi connectivity index (χ0v) is 12.9. The highest BCUT2D eigenvalue weighted by atomic mass is 32.2. The first-order valence-electron chi connectivity index (χ1n) is 6.53. The van der Waals surface area contributed by atoms with Crippen LogP contribution in [-0.4, -0.2) is 55.9 Å². The summed E-state index contributed by atoms with van der Waals surface area (Å²) in [5.41, 5.74) is 0. The van der Waals surface area contributed by atoms with Crippen LogP contribution in [0.4, 0.5) is 4.79 Å². The minimum atomic E-state index is -0.681. The van der Waals surface area contributed by atoms with Gasteiger partial charge in [0.15, 0.2) is 0 Å². The van der Waals surface area contributed by atoms with Gasteiger partial charge in [0.1, 0.15) is 19.8 Å². The Labute approximate surface area is 128 Å². The number of alkyl carbamates (subject to hydrolysis) is 1. The molecule has 1 amide bonds. The second-order valence-corrected chi connectivity index (χ2v) is 5.00. The number of esters is 2. The van der Waals surface area contributed by atoms with E-state index in [4.69, 9.17) is 9.47 Å². The fourth-order valence-electron chi connectivity index (χ4n) is 1.07. The lowest BCUT2D eigenvalue weighted by Crippen LogP contribution is -2.29. The predicted octanol–water partition coefficient (Wildman–Crippen LogP) is 1.13. The Kier molecular flexibility index (Phi) is 12.2. The molecule has 8 heteroatoms. The van der Waals surface area contributed by atoms with Gasteiger partial charge in [0.05, 0.1) is 13.0 Å². The van der Waals surface area contributed by atoms with E-state index in [9.17, 15) is 14.4 Å². The molecule has 0 saturated carbocycles. The first kappa shape index (κ1) is 19.3.